The average Bonchev–Trinajstić information content (AvgIpc) is 3.55. The Morgan fingerprint density at radius 1 is 0.724 bits per heavy atom. The standard InChI is InChI=1S/C29H56/c1-5-8-11-14-16-19-22-29(28-23-24-28)26(4)25-27(20-17-13-10-7-3)21-18-15-12-9-6-2/h7,26-29H,3,5-6,8-25H2,1-2,4H3. The Balaban J connectivity index is 2.38. The van der Waals surface area contributed by atoms with E-state index in [2.05, 4.69) is 33.4 Å². The lowest BCUT2D eigenvalue weighted by atomic mass is 9.77. The van der Waals surface area contributed by atoms with Crippen LogP contribution in [0.25, 0.3) is 0 Å². The first-order chi connectivity index (χ1) is 14.2. The molecular formula is C29H56. The summed E-state index contributed by atoms with van der Waals surface area (Å²) in [5.41, 5.74) is 0. The van der Waals surface area contributed by atoms with E-state index < -0.39 is 0 Å². The van der Waals surface area contributed by atoms with Gasteiger partial charge in [-0.05, 0) is 62.2 Å². The quantitative estimate of drug-likeness (QED) is 0.124. The molecule has 1 rings (SSSR count). The van der Waals surface area contributed by atoms with Crippen LogP contribution in [-0.2, 0) is 0 Å². The molecule has 3 unspecified atom stereocenters. The summed E-state index contributed by atoms with van der Waals surface area (Å²) in [5.74, 6) is 4.07. The van der Waals surface area contributed by atoms with Crippen LogP contribution in [0, 0.1) is 23.7 Å². The molecule has 0 aliphatic heterocycles. The lowest BCUT2D eigenvalue weighted by molar-refractivity contribution is 0.224. The molecule has 0 aromatic heterocycles. The van der Waals surface area contributed by atoms with Crippen LogP contribution in [0.1, 0.15) is 149 Å². The maximum absolute atomic E-state index is 3.91. The smallest absolute Gasteiger partial charge is 0.0353 e. The first-order valence-corrected chi connectivity index (χ1v) is 13.8. The second kappa shape index (κ2) is 18.5. The van der Waals surface area contributed by atoms with Crippen molar-refractivity contribution in [3.63, 3.8) is 0 Å². The van der Waals surface area contributed by atoms with E-state index in [-0.39, 0.29) is 0 Å². The van der Waals surface area contributed by atoms with Gasteiger partial charge in [0.15, 0.2) is 0 Å². The molecule has 3 atom stereocenters. The number of hydrogen-bond donors (Lipinski definition) is 0. The summed E-state index contributed by atoms with van der Waals surface area (Å²) in [6.07, 6.45) is 31.1. The first-order valence-electron chi connectivity index (χ1n) is 13.8. The topological polar surface area (TPSA) is 0 Å². The van der Waals surface area contributed by atoms with Crippen LogP contribution in [0.15, 0.2) is 12.7 Å². The van der Waals surface area contributed by atoms with Gasteiger partial charge in [0, 0.05) is 0 Å². The molecule has 172 valence electrons. The Morgan fingerprint density at radius 2 is 1.24 bits per heavy atom. The monoisotopic (exact) mass is 404 g/mol. The summed E-state index contributed by atoms with van der Waals surface area (Å²) >= 11 is 0. The molecule has 0 amide bonds. The zero-order valence-corrected chi connectivity index (χ0v) is 20.7. The van der Waals surface area contributed by atoms with Crippen LogP contribution in [-0.4, -0.2) is 0 Å². The van der Waals surface area contributed by atoms with Gasteiger partial charge < -0.3 is 0 Å². The second-order valence-corrected chi connectivity index (χ2v) is 10.4. The molecule has 0 aromatic rings. The van der Waals surface area contributed by atoms with E-state index in [1.165, 1.54) is 128 Å². The Morgan fingerprint density at radius 3 is 1.79 bits per heavy atom. The zero-order valence-electron chi connectivity index (χ0n) is 20.7. The van der Waals surface area contributed by atoms with Crippen molar-refractivity contribution >= 4 is 0 Å². The SMILES string of the molecule is C=CCCCCC(CCCCCCC)CC(C)C(CCCCCCCC)C1CC1. The Kier molecular flexibility index (Phi) is 17.1. The van der Waals surface area contributed by atoms with E-state index in [1.54, 1.807) is 0 Å². The molecule has 0 spiro atoms. The molecule has 0 radical (unpaired) electrons. The van der Waals surface area contributed by atoms with Crippen molar-refractivity contribution in [1.82, 2.24) is 0 Å². The van der Waals surface area contributed by atoms with Gasteiger partial charge in [0.05, 0.1) is 0 Å². The van der Waals surface area contributed by atoms with Gasteiger partial charge >= 0.3 is 0 Å². The third-order valence-corrected chi connectivity index (χ3v) is 7.54. The minimum absolute atomic E-state index is 0.957. The normalized spacial score (nSPS) is 17.2. The lowest BCUT2D eigenvalue weighted by Gasteiger charge is -2.28. The molecule has 1 aliphatic rings. The largest absolute Gasteiger partial charge is 0.103 e. The Bertz CT molecular complexity index is 353. The van der Waals surface area contributed by atoms with Crippen molar-refractivity contribution in [3.8, 4) is 0 Å². The highest BCUT2D eigenvalue weighted by Crippen LogP contribution is 2.45. The third-order valence-electron chi connectivity index (χ3n) is 7.54. The summed E-state index contributed by atoms with van der Waals surface area (Å²) in [5, 5.41) is 0. The van der Waals surface area contributed by atoms with Crippen LogP contribution in [0.5, 0.6) is 0 Å². The van der Waals surface area contributed by atoms with Crippen molar-refractivity contribution in [1.29, 1.82) is 0 Å². The minimum atomic E-state index is 0.957. The van der Waals surface area contributed by atoms with Gasteiger partial charge in [-0.1, -0.05) is 117 Å². The number of hydrogen-bond acceptors (Lipinski definition) is 0. The van der Waals surface area contributed by atoms with Crippen molar-refractivity contribution in [2.24, 2.45) is 23.7 Å². The van der Waals surface area contributed by atoms with Crippen molar-refractivity contribution in [2.45, 2.75) is 149 Å². The molecule has 0 heterocycles. The van der Waals surface area contributed by atoms with Crippen molar-refractivity contribution in [3.05, 3.63) is 12.7 Å². The number of allylic oxidation sites excluding steroid dienone is 1. The fourth-order valence-corrected chi connectivity index (χ4v) is 5.51. The fourth-order valence-electron chi connectivity index (χ4n) is 5.51. The fraction of sp³-hybridized carbons (Fsp3) is 0.931. The summed E-state index contributed by atoms with van der Waals surface area (Å²) < 4.78 is 0. The molecular weight excluding hydrogens is 348 g/mol. The molecule has 1 aliphatic carbocycles. The van der Waals surface area contributed by atoms with Gasteiger partial charge in [-0.3, -0.25) is 0 Å². The van der Waals surface area contributed by atoms with E-state index in [0.717, 1.165) is 23.7 Å². The molecule has 0 bridgehead atoms. The molecule has 1 fully saturated rings. The minimum Gasteiger partial charge on any atom is -0.103 e. The predicted octanol–water partition coefficient (Wildman–Crippen LogP) is 10.5. The van der Waals surface area contributed by atoms with Gasteiger partial charge in [-0.2, -0.15) is 0 Å². The van der Waals surface area contributed by atoms with Crippen LogP contribution in [0.2, 0.25) is 0 Å². The van der Waals surface area contributed by atoms with Crippen LogP contribution < -0.4 is 0 Å². The molecule has 0 nitrogen and oxygen atoms in total. The van der Waals surface area contributed by atoms with Gasteiger partial charge in [0.1, 0.15) is 0 Å². The summed E-state index contributed by atoms with van der Waals surface area (Å²) in [4.78, 5) is 0. The van der Waals surface area contributed by atoms with E-state index in [0.29, 0.717) is 0 Å². The molecule has 0 aromatic carbocycles. The van der Waals surface area contributed by atoms with E-state index in [9.17, 15) is 0 Å². The van der Waals surface area contributed by atoms with Gasteiger partial charge in [-0.25, -0.2) is 0 Å². The number of rotatable bonds is 22. The van der Waals surface area contributed by atoms with E-state index in [1.807, 2.05) is 0 Å². The van der Waals surface area contributed by atoms with Crippen molar-refractivity contribution < 1.29 is 0 Å². The predicted molar refractivity (Wildman–Crippen MR) is 134 cm³/mol. The summed E-state index contributed by atoms with van der Waals surface area (Å²) in [7, 11) is 0. The maximum Gasteiger partial charge on any atom is -0.0353 e. The third kappa shape index (κ3) is 14.4. The van der Waals surface area contributed by atoms with Gasteiger partial charge in [0.2, 0.25) is 0 Å². The molecule has 0 N–H and O–H groups in total. The first kappa shape index (κ1) is 26.8. The Labute approximate surface area is 185 Å². The molecule has 29 heavy (non-hydrogen) atoms. The van der Waals surface area contributed by atoms with E-state index in [4.69, 9.17) is 0 Å². The second-order valence-electron chi connectivity index (χ2n) is 10.4. The van der Waals surface area contributed by atoms with Crippen LogP contribution in [0.3, 0.4) is 0 Å². The Hall–Kier alpha value is -0.260. The van der Waals surface area contributed by atoms with Gasteiger partial charge in [0.25, 0.3) is 0 Å². The van der Waals surface area contributed by atoms with Crippen molar-refractivity contribution in [2.75, 3.05) is 0 Å². The van der Waals surface area contributed by atoms with E-state index >= 15 is 0 Å². The number of unbranched alkanes of at least 4 members (excludes halogenated alkanes) is 11. The van der Waals surface area contributed by atoms with Crippen LogP contribution in [0.4, 0.5) is 0 Å². The maximum atomic E-state index is 3.91. The molecule has 1 saturated carbocycles. The highest BCUT2D eigenvalue weighted by atomic mass is 14.4. The summed E-state index contributed by atoms with van der Waals surface area (Å²) in [6, 6.07) is 0. The lowest BCUT2D eigenvalue weighted by Crippen LogP contribution is -2.18. The highest BCUT2D eigenvalue weighted by Gasteiger charge is 2.34. The molecule has 0 saturated heterocycles. The van der Waals surface area contributed by atoms with Gasteiger partial charge in [-0.15, -0.1) is 6.58 Å². The van der Waals surface area contributed by atoms with Crippen LogP contribution >= 0.6 is 0 Å². The highest BCUT2D eigenvalue weighted by molar-refractivity contribution is 4.85. The summed E-state index contributed by atoms with van der Waals surface area (Å²) in [6.45, 7) is 11.2. The zero-order chi connectivity index (χ0) is 21.2. The molecule has 0 heteroatoms. The average molecular weight is 405 g/mol.